The molecule has 2 rings (SSSR count). The van der Waals surface area contributed by atoms with Crippen LogP contribution in [0.25, 0.3) is 0 Å². The van der Waals surface area contributed by atoms with Crippen LogP contribution < -0.4 is 4.90 Å². The zero-order valence-electron chi connectivity index (χ0n) is 11.5. The Bertz CT molecular complexity index is 420. The van der Waals surface area contributed by atoms with Crippen LogP contribution in [0.15, 0.2) is 0 Å². The van der Waals surface area contributed by atoms with Crippen molar-refractivity contribution in [3.63, 3.8) is 0 Å². The highest BCUT2D eigenvalue weighted by molar-refractivity contribution is 6.30. The van der Waals surface area contributed by atoms with Gasteiger partial charge < -0.3 is 4.90 Å². The van der Waals surface area contributed by atoms with Crippen LogP contribution >= 0.6 is 11.6 Å². The fourth-order valence-corrected chi connectivity index (χ4v) is 2.73. The molecular formula is C14H22ClN3. The van der Waals surface area contributed by atoms with Gasteiger partial charge in [-0.2, -0.15) is 0 Å². The molecule has 1 atom stereocenters. The van der Waals surface area contributed by atoms with Crippen LogP contribution in [0.4, 0.5) is 5.82 Å². The molecule has 0 radical (unpaired) electrons. The number of piperidine rings is 1. The molecule has 1 fully saturated rings. The number of halogens is 1. The summed E-state index contributed by atoms with van der Waals surface area (Å²) < 4.78 is 0. The SMILES string of the molecule is CCCc1nc(Cl)c(C)c(N2CCCC(C)C2)n1. The van der Waals surface area contributed by atoms with E-state index in [0.29, 0.717) is 5.15 Å². The molecule has 0 bridgehead atoms. The zero-order valence-corrected chi connectivity index (χ0v) is 12.3. The number of aromatic nitrogens is 2. The minimum absolute atomic E-state index is 0.613. The van der Waals surface area contributed by atoms with E-state index in [2.05, 4.69) is 23.7 Å². The Morgan fingerprint density at radius 3 is 2.83 bits per heavy atom. The van der Waals surface area contributed by atoms with E-state index < -0.39 is 0 Å². The van der Waals surface area contributed by atoms with Gasteiger partial charge in [0.2, 0.25) is 0 Å². The minimum atomic E-state index is 0.613. The molecule has 100 valence electrons. The van der Waals surface area contributed by atoms with E-state index >= 15 is 0 Å². The van der Waals surface area contributed by atoms with Crippen LogP contribution in [-0.4, -0.2) is 23.1 Å². The predicted octanol–water partition coefficient (Wildman–Crippen LogP) is 3.63. The van der Waals surface area contributed by atoms with Crippen LogP contribution in [-0.2, 0) is 6.42 Å². The second-order valence-corrected chi connectivity index (χ2v) is 5.68. The van der Waals surface area contributed by atoms with Gasteiger partial charge in [0, 0.05) is 25.1 Å². The van der Waals surface area contributed by atoms with Crippen molar-refractivity contribution in [3.8, 4) is 0 Å². The molecule has 1 aliphatic heterocycles. The molecule has 0 aliphatic carbocycles. The average Bonchev–Trinajstić information content (AvgIpc) is 2.34. The first-order valence-corrected chi connectivity index (χ1v) is 7.27. The lowest BCUT2D eigenvalue weighted by Crippen LogP contribution is -2.35. The van der Waals surface area contributed by atoms with Crippen LogP contribution in [0.3, 0.4) is 0 Å². The monoisotopic (exact) mass is 267 g/mol. The summed E-state index contributed by atoms with van der Waals surface area (Å²) in [5.41, 5.74) is 1.02. The number of hydrogen-bond donors (Lipinski definition) is 0. The lowest BCUT2D eigenvalue weighted by molar-refractivity contribution is 0.443. The molecule has 1 unspecified atom stereocenters. The maximum atomic E-state index is 6.23. The van der Waals surface area contributed by atoms with Crippen LogP contribution in [0, 0.1) is 12.8 Å². The van der Waals surface area contributed by atoms with Crippen LogP contribution in [0.2, 0.25) is 5.15 Å². The summed E-state index contributed by atoms with van der Waals surface area (Å²) in [6.45, 7) is 8.63. The maximum Gasteiger partial charge on any atom is 0.137 e. The number of anilines is 1. The van der Waals surface area contributed by atoms with Gasteiger partial charge in [-0.25, -0.2) is 9.97 Å². The lowest BCUT2D eigenvalue weighted by Gasteiger charge is -2.33. The molecule has 0 amide bonds. The fourth-order valence-electron chi connectivity index (χ4n) is 2.55. The normalized spacial score (nSPS) is 20.2. The highest BCUT2D eigenvalue weighted by atomic mass is 35.5. The second-order valence-electron chi connectivity index (χ2n) is 5.32. The number of nitrogens with zero attached hydrogens (tertiary/aromatic N) is 3. The van der Waals surface area contributed by atoms with Gasteiger partial charge in [-0.1, -0.05) is 25.4 Å². The number of rotatable bonds is 3. The fraction of sp³-hybridized carbons (Fsp3) is 0.714. The summed E-state index contributed by atoms with van der Waals surface area (Å²) in [7, 11) is 0. The first-order chi connectivity index (χ1) is 8.61. The molecule has 3 nitrogen and oxygen atoms in total. The molecule has 0 spiro atoms. The lowest BCUT2D eigenvalue weighted by atomic mass is 10.00. The van der Waals surface area contributed by atoms with Crippen molar-refractivity contribution in [2.75, 3.05) is 18.0 Å². The van der Waals surface area contributed by atoms with Crippen molar-refractivity contribution in [1.82, 2.24) is 9.97 Å². The third-order valence-electron chi connectivity index (χ3n) is 3.54. The molecule has 4 heteroatoms. The van der Waals surface area contributed by atoms with Gasteiger partial charge in [0.05, 0.1) is 0 Å². The standard InChI is InChI=1S/C14H22ClN3/c1-4-6-12-16-13(15)11(3)14(17-12)18-8-5-7-10(2)9-18/h10H,4-9H2,1-3H3. The van der Waals surface area contributed by atoms with Gasteiger partial charge >= 0.3 is 0 Å². The Hall–Kier alpha value is -0.830. The first kappa shape index (κ1) is 13.6. The minimum Gasteiger partial charge on any atom is -0.356 e. The van der Waals surface area contributed by atoms with E-state index in [4.69, 9.17) is 16.6 Å². The predicted molar refractivity (Wildman–Crippen MR) is 76.4 cm³/mol. The van der Waals surface area contributed by atoms with Crippen molar-refractivity contribution in [3.05, 3.63) is 16.5 Å². The smallest absolute Gasteiger partial charge is 0.137 e. The average molecular weight is 268 g/mol. The molecule has 1 aliphatic rings. The van der Waals surface area contributed by atoms with Crippen molar-refractivity contribution >= 4 is 17.4 Å². The zero-order chi connectivity index (χ0) is 13.1. The molecule has 1 aromatic heterocycles. The summed E-state index contributed by atoms with van der Waals surface area (Å²) in [5, 5.41) is 0.613. The second kappa shape index (κ2) is 5.87. The maximum absolute atomic E-state index is 6.23. The summed E-state index contributed by atoms with van der Waals surface area (Å²) in [5.74, 6) is 2.66. The molecule has 1 saturated heterocycles. The highest BCUT2D eigenvalue weighted by Crippen LogP contribution is 2.27. The van der Waals surface area contributed by atoms with E-state index in [1.54, 1.807) is 0 Å². The van der Waals surface area contributed by atoms with Gasteiger partial charge in [0.1, 0.15) is 16.8 Å². The summed E-state index contributed by atoms with van der Waals surface area (Å²) in [6, 6.07) is 0. The Kier molecular flexibility index (Phi) is 4.44. The van der Waals surface area contributed by atoms with Gasteiger partial charge in [0.25, 0.3) is 0 Å². The van der Waals surface area contributed by atoms with Crippen molar-refractivity contribution < 1.29 is 0 Å². The molecule has 2 heterocycles. The summed E-state index contributed by atoms with van der Waals surface area (Å²) in [6.07, 6.45) is 4.51. The molecule has 18 heavy (non-hydrogen) atoms. The van der Waals surface area contributed by atoms with Gasteiger partial charge in [0.15, 0.2) is 0 Å². The first-order valence-electron chi connectivity index (χ1n) is 6.89. The Balaban J connectivity index is 2.30. The quantitative estimate of drug-likeness (QED) is 0.783. The molecule has 0 saturated carbocycles. The van der Waals surface area contributed by atoms with Crippen LogP contribution in [0.5, 0.6) is 0 Å². The molecule has 1 aromatic rings. The Morgan fingerprint density at radius 1 is 1.39 bits per heavy atom. The summed E-state index contributed by atoms with van der Waals surface area (Å²) >= 11 is 6.23. The van der Waals surface area contributed by atoms with E-state index in [0.717, 1.165) is 49.1 Å². The Labute approximate surface area is 115 Å². The molecule has 0 aromatic carbocycles. The van der Waals surface area contributed by atoms with Gasteiger partial charge in [-0.05, 0) is 32.1 Å². The molecular weight excluding hydrogens is 246 g/mol. The highest BCUT2D eigenvalue weighted by Gasteiger charge is 2.21. The van der Waals surface area contributed by atoms with Gasteiger partial charge in [-0.3, -0.25) is 0 Å². The van der Waals surface area contributed by atoms with E-state index in [1.807, 2.05) is 6.92 Å². The summed E-state index contributed by atoms with van der Waals surface area (Å²) in [4.78, 5) is 11.4. The number of aryl methyl sites for hydroxylation is 1. The number of hydrogen-bond acceptors (Lipinski definition) is 3. The van der Waals surface area contributed by atoms with Crippen molar-refractivity contribution in [1.29, 1.82) is 0 Å². The van der Waals surface area contributed by atoms with Crippen LogP contribution in [0.1, 0.15) is 44.5 Å². The van der Waals surface area contributed by atoms with E-state index in [9.17, 15) is 0 Å². The van der Waals surface area contributed by atoms with E-state index in [-0.39, 0.29) is 0 Å². The van der Waals surface area contributed by atoms with Crippen molar-refractivity contribution in [2.24, 2.45) is 5.92 Å². The van der Waals surface area contributed by atoms with Gasteiger partial charge in [-0.15, -0.1) is 0 Å². The Morgan fingerprint density at radius 2 is 2.17 bits per heavy atom. The molecule has 0 N–H and O–H groups in total. The third-order valence-corrected chi connectivity index (χ3v) is 3.91. The largest absolute Gasteiger partial charge is 0.356 e. The van der Waals surface area contributed by atoms with Crippen molar-refractivity contribution in [2.45, 2.75) is 46.5 Å². The topological polar surface area (TPSA) is 29.0 Å². The van der Waals surface area contributed by atoms with E-state index in [1.165, 1.54) is 12.8 Å². The third kappa shape index (κ3) is 2.94.